The SMILES string of the molecule is Cc1ccc(-c2cc(N(c3ccccc3C)c3ccccc3C)nc(-c3ccccc3)n2)cc1-c1cc(N(c2ccccc2C)c2ccccc2C)ccc1C.Cc1ccccc1.Cc1ccccc1.Cc1ccccc1.Cc1ccccc1. The van der Waals surface area contributed by atoms with Crippen molar-refractivity contribution in [2.45, 2.75) is 69.2 Å². The molecule has 0 saturated carbocycles. The second-order valence-electron chi connectivity index (χ2n) is 21.3. The molecular weight excluding hydrogens is 1020 g/mol. The summed E-state index contributed by atoms with van der Waals surface area (Å²) in [6.45, 7) is 21.4. The van der Waals surface area contributed by atoms with Crippen LogP contribution in [-0.2, 0) is 0 Å². The fourth-order valence-corrected chi connectivity index (χ4v) is 9.70. The van der Waals surface area contributed by atoms with Crippen molar-refractivity contribution in [1.82, 2.24) is 9.97 Å². The molecule has 1 aromatic heterocycles. The van der Waals surface area contributed by atoms with Crippen molar-refractivity contribution in [2.24, 2.45) is 0 Å². The summed E-state index contributed by atoms with van der Waals surface area (Å²) in [7, 11) is 0. The zero-order valence-corrected chi connectivity index (χ0v) is 50.5. The first kappa shape index (κ1) is 60.2. The number of para-hydroxylation sites is 4. The van der Waals surface area contributed by atoms with Crippen LogP contribution in [0.25, 0.3) is 33.8 Å². The van der Waals surface area contributed by atoms with Gasteiger partial charge in [-0.25, -0.2) is 9.97 Å². The highest BCUT2D eigenvalue weighted by atomic mass is 15.2. The molecule has 4 nitrogen and oxygen atoms in total. The Labute approximate surface area is 501 Å². The summed E-state index contributed by atoms with van der Waals surface area (Å²) >= 11 is 0. The van der Waals surface area contributed by atoms with E-state index in [4.69, 9.17) is 9.97 Å². The smallest absolute Gasteiger partial charge is 0.162 e. The van der Waals surface area contributed by atoms with E-state index >= 15 is 0 Å². The number of hydrogen-bond acceptors (Lipinski definition) is 4. The maximum absolute atomic E-state index is 5.29. The fourth-order valence-electron chi connectivity index (χ4n) is 9.70. The minimum absolute atomic E-state index is 0.678. The number of anilines is 6. The van der Waals surface area contributed by atoms with E-state index in [9.17, 15) is 0 Å². The van der Waals surface area contributed by atoms with E-state index < -0.39 is 0 Å². The topological polar surface area (TPSA) is 32.3 Å². The van der Waals surface area contributed by atoms with E-state index in [2.05, 4.69) is 279 Å². The zero-order valence-electron chi connectivity index (χ0n) is 50.5. The summed E-state index contributed by atoms with van der Waals surface area (Å²) in [5, 5.41) is 0. The summed E-state index contributed by atoms with van der Waals surface area (Å²) in [6, 6.07) is 101. The van der Waals surface area contributed by atoms with Crippen LogP contribution < -0.4 is 9.80 Å². The lowest BCUT2D eigenvalue weighted by atomic mass is 9.93. The molecule has 4 heteroatoms. The Bertz CT molecular complexity index is 3710. The Hall–Kier alpha value is -9.90. The molecule has 0 atom stereocenters. The highest BCUT2D eigenvalue weighted by molar-refractivity contribution is 5.86. The lowest BCUT2D eigenvalue weighted by Crippen LogP contribution is -2.15. The molecule has 0 unspecified atom stereocenters. The summed E-state index contributed by atoms with van der Waals surface area (Å²) in [5.41, 5.74) is 23.3. The van der Waals surface area contributed by atoms with Gasteiger partial charge in [0.25, 0.3) is 0 Å². The van der Waals surface area contributed by atoms with Crippen LogP contribution in [0.5, 0.6) is 0 Å². The van der Waals surface area contributed by atoms with Crippen LogP contribution in [0.15, 0.2) is 291 Å². The van der Waals surface area contributed by atoms with E-state index in [1.807, 2.05) is 91.0 Å². The monoisotopic (exact) mass is 1090 g/mol. The highest BCUT2D eigenvalue weighted by Gasteiger charge is 2.22. The minimum atomic E-state index is 0.678. The second kappa shape index (κ2) is 30.2. The van der Waals surface area contributed by atoms with Gasteiger partial charge in [-0.3, -0.25) is 4.90 Å². The van der Waals surface area contributed by atoms with Gasteiger partial charge in [-0.05, 0) is 156 Å². The summed E-state index contributed by atoms with van der Waals surface area (Å²) < 4.78 is 0. The number of aryl methyl sites for hydroxylation is 10. The summed E-state index contributed by atoms with van der Waals surface area (Å²) in [4.78, 5) is 15.2. The quantitative estimate of drug-likeness (QED) is 0.144. The molecule has 418 valence electrons. The molecule has 0 N–H and O–H groups in total. The van der Waals surface area contributed by atoms with Crippen LogP contribution in [0.1, 0.15) is 55.6 Å². The van der Waals surface area contributed by atoms with Crippen LogP contribution in [-0.4, -0.2) is 9.97 Å². The van der Waals surface area contributed by atoms with Crippen LogP contribution in [0.4, 0.5) is 34.3 Å². The first-order chi connectivity index (χ1) is 40.8. The van der Waals surface area contributed by atoms with Crippen molar-refractivity contribution in [1.29, 1.82) is 0 Å². The van der Waals surface area contributed by atoms with Gasteiger partial charge in [0, 0.05) is 34.3 Å². The van der Waals surface area contributed by atoms with Gasteiger partial charge in [0.15, 0.2) is 5.82 Å². The largest absolute Gasteiger partial charge is 0.310 e. The predicted molar refractivity (Wildman–Crippen MR) is 361 cm³/mol. The van der Waals surface area contributed by atoms with Crippen molar-refractivity contribution in [2.75, 3.05) is 9.80 Å². The average molecular weight is 1100 g/mol. The van der Waals surface area contributed by atoms with Crippen molar-refractivity contribution >= 4 is 34.3 Å². The third-order valence-electron chi connectivity index (χ3n) is 14.5. The van der Waals surface area contributed by atoms with Gasteiger partial charge in [-0.1, -0.05) is 265 Å². The normalized spacial score (nSPS) is 10.3. The summed E-state index contributed by atoms with van der Waals surface area (Å²) in [6.07, 6.45) is 0. The van der Waals surface area contributed by atoms with Crippen LogP contribution in [0.3, 0.4) is 0 Å². The maximum atomic E-state index is 5.29. The Kier molecular flexibility index (Phi) is 21.7. The van der Waals surface area contributed by atoms with Gasteiger partial charge in [0.1, 0.15) is 5.82 Å². The number of aromatic nitrogens is 2. The number of rotatable bonds is 9. The van der Waals surface area contributed by atoms with Gasteiger partial charge in [0.05, 0.1) is 17.1 Å². The molecule has 11 aromatic carbocycles. The molecular formula is C80H78N4. The van der Waals surface area contributed by atoms with Crippen molar-refractivity contribution < 1.29 is 0 Å². The Balaban J connectivity index is 0.000000264. The average Bonchev–Trinajstić information content (AvgIpc) is 2.11. The van der Waals surface area contributed by atoms with E-state index in [-0.39, 0.29) is 0 Å². The number of hydrogen-bond donors (Lipinski definition) is 0. The molecule has 1 heterocycles. The number of nitrogens with zero attached hydrogens (tertiary/aromatic N) is 4. The maximum Gasteiger partial charge on any atom is 0.162 e. The molecule has 0 fully saturated rings. The van der Waals surface area contributed by atoms with Gasteiger partial charge >= 0.3 is 0 Å². The second-order valence-corrected chi connectivity index (χ2v) is 21.3. The Morgan fingerprint density at radius 2 is 0.560 bits per heavy atom. The van der Waals surface area contributed by atoms with E-state index in [1.165, 1.54) is 55.6 Å². The van der Waals surface area contributed by atoms with E-state index in [0.29, 0.717) is 5.82 Å². The van der Waals surface area contributed by atoms with Crippen LogP contribution >= 0.6 is 0 Å². The molecule has 0 bridgehead atoms. The van der Waals surface area contributed by atoms with Crippen LogP contribution in [0, 0.1) is 69.2 Å². The molecule has 12 aromatic rings. The molecule has 12 rings (SSSR count). The third kappa shape index (κ3) is 16.6. The molecule has 0 radical (unpaired) electrons. The Morgan fingerprint density at radius 1 is 0.238 bits per heavy atom. The van der Waals surface area contributed by atoms with Gasteiger partial charge in [0.2, 0.25) is 0 Å². The Morgan fingerprint density at radius 3 is 0.917 bits per heavy atom. The van der Waals surface area contributed by atoms with Gasteiger partial charge in [-0.15, -0.1) is 0 Å². The molecule has 0 saturated heterocycles. The summed E-state index contributed by atoms with van der Waals surface area (Å²) in [5.74, 6) is 1.49. The van der Waals surface area contributed by atoms with Gasteiger partial charge < -0.3 is 4.90 Å². The zero-order chi connectivity index (χ0) is 59.2. The van der Waals surface area contributed by atoms with Crippen molar-refractivity contribution in [3.63, 3.8) is 0 Å². The highest BCUT2D eigenvalue weighted by Crippen LogP contribution is 2.43. The minimum Gasteiger partial charge on any atom is -0.310 e. The lowest BCUT2D eigenvalue weighted by molar-refractivity contribution is 1.11. The first-order valence-corrected chi connectivity index (χ1v) is 28.9. The van der Waals surface area contributed by atoms with Crippen molar-refractivity contribution in [3.05, 3.63) is 347 Å². The number of benzene rings is 11. The predicted octanol–water partition coefficient (Wildman–Crippen LogP) is 22.2. The van der Waals surface area contributed by atoms with E-state index in [0.717, 1.165) is 62.2 Å². The molecule has 0 aliphatic heterocycles. The first-order valence-electron chi connectivity index (χ1n) is 28.9. The van der Waals surface area contributed by atoms with E-state index in [1.54, 1.807) is 0 Å². The standard InChI is InChI=1S/C52H46N4.4C7H8/c1-35-28-30-42(32-44(35)45-33-43(31-29-36(45)2)55(47-24-14-10-18-37(47)3)48-25-15-11-19-38(48)4)46-34-51(54-52(53-46)41-22-8-7-9-23-41)56(49-26-16-12-20-39(49)5)50-27-17-13-21-40(50)6;4*1-7-5-3-2-4-6-7/h7-34H,1-6H3;4*2-6H,1H3. The molecule has 0 amide bonds. The molecule has 0 aliphatic carbocycles. The molecule has 0 aliphatic rings. The fraction of sp³-hybridized carbons (Fsp3) is 0.125. The lowest BCUT2D eigenvalue weighted by Gasteiger charge is -2.29. The van der Waals surface area contributed by atoms with Gasteiger partial charge in [-0.2, -0.15) is 0 Å². The van der Waals surface area contributed by atoms with Crippen LogP contribution in [0.2, 0.25) is 0 Å². The third-order valence-corrected chi connectivity index (χ3v) is 14.5. The molecule has 84 heavy (non-hydrogen) atoms. The molecule has 0 spiro atoms. The van der Waals surface area contributed by atoms with Crippen molar-refractivity contribution in [3.8, 4) is 33.8 Å².